The minimum atomic E-state index is -0.600. The Hall–Kier alpha value is -3.08. The average Bonchev–Trinajstić information content (AvgIpc) is 2.55. The van der Waals surface area contributed by atoms with E-state index < -0.39 is 12.1 Å². The quantitative estimate of drug-likeness (QED) is 0.724. The first-order chi connectivity index (χ1) is 11.1. The van der Waals surface area contributed by atoms with Gasteiger partial charge in [-0.2, -0.15) is 0 Å². The second-order valence-corrected chi connectivity index (χ2v) is 5.23. The lowest BCUT2D eigenvalue weighted by molar-refractivity contribution is 0.0336. The first-order valence-electron chi connectivity index (χ1n) is 7.19. The van der Waals surface area contributed by atoms with Crippen molar-refractivity contribution in [2.75, 3.05) is 5.73 Å². The topological polar surface area (TPSA) is 85.4 Å². The van der Waals surface area contributed by atoms with Crippen molar-refractivity contribution in [1.82, 2.24) is 4.98 Å². The molecule has 2 aromatic carbocycles. The zero-order chi connectivity index (χ0) is 16.4. The first kappa shape index (κ1) is 14.8. The van der Waals surface area contributed by atoms with Crippen LogP contribution in [0.25, 0.3) is 10.8 Å². The molecule has 0 saturated heterocycles. The molecule has 3 N–H and O–H groups in total. The van der Waals surface area contributed by atoms with Crippen molar-refractivity contribution in [3.05, 3.63) is 66.0 Å². The molecule has 0 spiro atoms. The van der Waals surface area contributed by atoms with Gasteiger partial charge < -0.3 is 15.6 Å². The number of fused-ring (bicyclic) bond motifs is 1. The normalized spacial score (nSPS) is 12.0. The fourth-order valence-electron chi connectivity index (χ4n) is 2.50. The summed E-state index contributed by atoms with van der Waals surface area (Å²) in [5, 5.41) is 11.8. The predicted octanol–water partition coefficient (Wildman–Crippen LogP) is 3.44. The highest BCUT2D eigenvalue weighted by Crippen LogP contribution is 2.31. The second kappa shape index (κ2) is 5.96. The van der Waals surface area contributed by atoms with Gasteiger partial charge >= 0.3 is 5.97 Å². The van der Waals surface area contributed by atoms with Gasteiger partial charge in [0.1, 0.15) is 17.4 Å². The highest BCUT2D eigenvalue weighted by Gasteiger charge is 2.19. The molecule has 23 heavy (non-hydrogen) atoms. The molecule has 0 fully saturated rings. The summed E-state index contributed by atoms with van der Waals surface area (Å²) in [5.74, 6) is -0.681. The molecule has 5 heteroatoms. The fraction of sp³-hybridized carbons (Fsp3) is 0.111. The molecule has 1 atom stereocenters. The molecule has 0 radical (unpaired) electrons. The summed E-state index contributed by atoms with van der Waals surface area (Å²) in [6.45, 7) is 1.72. The smallest absolute Gasteiger partial charge is 0.342 e. The number of phenolic OH excluding ortho intramolecular Hbond substituents is 1. The van der Waals surface area contributed by atoms with Gasteiger partial charge in [-0.05, 0) is 24.4 Å². The van der Waals surface area contributed by atoms with Crippen molar-refractivity contribution >= 4 is 22.4 Å². The molecule has 0 aliphatic heterocycles. The van der Waals surface area contributed by atoms with Crippen LogP contribution in [0.15, 0.2) is 54.9 Å². The average molecular weight is 308 g/mol. The Morgan fingerprint density at radius 2 is 2.00 bits per heavy atom. The second-order valence-electron chi connectivity index (χ2n) is 5.23. The van der Waals surface area contributed by atoms with Gasteiger partial charge in [0.15, 0.2) is 0 Å². The third kappa shape index (κ3) is 2.81. The Kier molecular flexibility index (Phi) is 3.85. The summed E-state index contributed by atoms with van der Waals surface area (Å²) in [6, 6.07) is 12.3. The van der Waals surface area contributed by atoms with Crippen molar-refractivity contribution in [3.63, 3.8) is 0 Å². The number of nitrogen functional groups attached to an aromatic ring is 1. The summed E-state index contributed by atoms with van der Waals surface area (Å²) < 4.78 is 5.43. The molecule has 3 aromatic rings. The summed E-state index contributed by atoms with van der Waals surface area (Å²) in [5.41, 5.74) is 7.09. The SMILES string of the molecule is C[C@H](OC(=O)c1ccc2ccccc2c1O)c1ccncc1N. The van der Waals surface area contributed by atoms with Gasteiger partial charge in [0.25, 0.3) is 0 Å². The van der Waals surface area contributed by atoms with Crippen LogP contribution < -0.4 is 5.73 Å². The Morgan fingerprint density at radius 3 is 2.78 bits per heavy atom. The molecule has 0 bridgehead atoms. The summed E-state index contributed by atoms with van der Waals surface area (Å²) in [6.07, 6.45) is 2.55. The fourth-order valence-corrected chi connectivity index (χ4v) is 2.50. The maximum Gasteiger partial charge on any atom is 0.342 e. The van der Waals surface area contributed by atoms with Crippen molar-refractivity contribution < 1.29 is 14.6 Å². The van der Waals surface area contributed by atoms with Crippen LogP contribution in [-0.4, -0.2) is 16.1 Å². The van der Waals surface area contributed by atoms with E-state index in [1.807, 2.05) is 12.1 Å². The van der Waals surface area contributed by atoms with Gasteiger partial charge in [0.05, 0.1) is 11.9 Å². The highest BCUT2D eigenvalue weighted by atomic mass is 16.5. The molecule has 116 valence electrons. The highest BCUT2D eigenvalue weighted by molar-refractivity contribution is 6.01. The van der Waals surface area contributed by atoms with Gasteiger partial charge in [-0.1, -0.05) is 30.3 Å². The van der Waals surface area contributed by atoms with Crippen molar-refractivity contribution in [3.8, 4) is 5.75 Å². The number of rotatable bonds is 3. The van der Waals surface area contributed by atoms with Crippen molar-refractivity contribution in [2.24, 2.45) is 0 Å². The van der Waals surface area contributed by atoms with Crippen molar-refractivity contribution in [2.45, 2.75) is 13.0 Å². The molecule has 1 heterocycles. The summed E-state index contributed by atoms with van der Waals surface area (Å²) >= 11 is 0. The Labute approximate surface area is 133 Å². The zero-order valence-corrected chi connectivity index (χ0v) is 12.6. The number of nitrogens with two attached hydrogens (primary N) is 1. The van der Waals surface area contributed by atoms with E-state index in [0.29, 0.717) is 16.6 Å². The zero-order valence-electron chi connectivity index (χ0n) is 12.6. The number of phenols is 1. The number of anilines is 1. The number of carbonyl (C=O) groups excluding carboxylic acids is 1. The van der Waals surface area contributed by atoms with E-state index in [1.54, 1.807) is 43.5 Å². The largest absolute Gasteiger partial charge is 0.506 e. The third-order valence-corrected chi connectivity index (χ3v) is 3.73. The van der Waals surface area contributed by atoms with E-state index in [2.05, 4.69) is 4.98 Å². The molecule has 0 saturated carbocycles. The molecule has 0 amide bonds. The van der Waals surface area contributed by atoms with Crippen LogP contribution in [0.1, 0.15) is 28.9 Å². The summed E-state index contributed by atoms with van der Waals surface area (Å²) in [7, 11) is 0. The van der Waals surface area contributed by atoms with E-state index in [1.165, 1.54) is 6.20 Å². The van der Waals surface area contributed by atoms with Crippen LogP contribution in [0.4, 0.5) is 5.69 Å². The van der Waals surface area contributed by atoms with Crippen LogP contribution in [0.2, 0.25) is 0 Å². The molecule has 1 aromatic heterocycles. The summed E-state index contributed by atoms with van der Waals surface area (Å²) in [4.78, 5) is 16.3. The molecular formula is C18H16N2O3. The van der Waals surface area contributed by atoms with Gasteiger partial charge in [-0.3, -0.25) is 4.98 Å². The van der Waals surface area contributed by atoms with Crippen LogP contribution in [0.5, 0.6) is 5.75 Å². The number of aromatic nitrogens is 1. The number of esters is 1. The lowest BCUT2D eigenvalue weighted by Gasteiger charge is -2.16. The minimum Gasteiger partial charge on any atom is -0.506 e. The lowest BCUT2D eigenvalue weighted by atomic mass is 10.1. The van der Waals surface area contributed by atoms with Crippen LogP contribution in [0, 0.1) is 0 Å². The number of hydrogen-bond acceptors (Lipinski definition) is 5. The maximum atomic E-state index is 12.4. The molecular weight excluding hydrogens is 292 g/mol. The molecule has 0 aliphatic carbocycles. The Bertz CT molecular complexity index is 877. The minimum absolute atomic E-state index is 0.0806. The number of pyridine rings is 1. The van der Waals surface area contributed by atoms with Gasteiger partial charge in [-0.15, -0.1) is 0 Å². The van der Waals surface area contributed by atoms with Crippen LogP contribution >= 0.6 is 0 Å². The van der Waals surface area contributed by atoms with Gasteiger partial charge in [-0.25, -0.2) is 4.79 Å². The van der Waals surface area contributed by atoms with Crippen LogP contribution in [0.3, 0.4) is 0 Å². The monoisotopic (exact) mass is 308 g/mol. The standard InChI is InChI=1S/C18H16N2O3/c1-11(13-8-9-20-10-16(13)19)23-18(22)15-7-6-12-4-2-3-5-14(12)17(15)21/h2-11,21H,19H2,1H3/t11-/m0/s1. The van der Waals surface area contributed by atoms with E-state index in [0.717, 1.165) is 5.39 Å². The molecule has 0 unspecified atom stereocenters. The molecule has 0 aliphatic rings. The number of carbonyl (C=O) groups is 1. The number of hydrogen-bond donors (Lipinski definition) is 2. The van der Waals surface area contributed by atoms with E-state index in [-0.39, 0.29) is 11.3 Å². The lowest BCUT2D eigenvalue weighted by Crippen LogP contribution is -2.11. The Balaban J connectivity index is 1.89. The maximum absolute atomic E-state index is 12.4. The predicted molar refractivity (Wildman–Crippen MR) is 88.1 cm³/mol. The van der Waals surface area contributed by atoms with E-state index >= 15 is 0 Å². The van der Waals surface area contributed by atoms with Crippen molar-refractivity contribution in [1.29, 1.82) is 0 Å². The first-order valence-corrected chi connectivity index (χ1v) is 7.19. The number of benzene rings is 2. The van der Waals surface area contributed by atoms with E-state index in [9.17, 15) is 9.90 Å². The number of nitrogens with zero attached hydrogens (tertiary/aromatic N) is 1. The number of aromatic hydroxyl groups is 1. The molecule has 5 nitrogen and oxygen atoms in total. The Morgan fingerprint density at radius 1 is 1.22 bits per heavy atom. The van der Waals surface area contributed by atoms with Gasteiger partial charge in [0, 0.05) is 17.1 Å². The third-order valence-electron chi connectivity index (χ3n) is 3.73. The van der Waals surface area contributed by atoms with Gasteiger partial charge in [0.2, 0.25) is 0 Å². The van der Waals surface area contributed by atoms with E-state index in [4.69, 9.17) is 10.5 Å². The number of ether oxygens (including phenoxy) is 1. The molecule has 3 rings (SSSR count). The van der Waals surface area contributed by atoms with Crippen LogP contribution in [-0.2, 0) is 4.74 Å².